The second-order valence-electron chi connectivity index (χ2n) is 11.1. The van der Waals surface area contributed by atoms with E-state index in [9.17, 15) is 14.4 Å². The number of benzene rings is 2. The first-order valence-corrected chi connectivity index (χ1v) is 13.4. The molecule has 200 valence electrons. The van der Waals surface area contributed by atoms with Crippen LogP contribution < -0.4 is 19.7 Å². The van der Waals surface area contributed by atoms with Crippen LogP contribution in [0.3, 0.4) is 0 Å². The molecule has 9 heteroatoms. The van der Waals surface area contributed by atoms with Gasteiger partial charge in [-0.3, -0.25) is 19.3 Å². The lowest BCUT2D eigenvalue weighted by molar-refractivity contribution is -0.125. The maximum Gasteiger partial charge on any atom is 0.263 e. The van der Waals surface area contributed by atoms with Crippen molar-refractivity contribution in [3.05, 3.63) is 53.1 Å². The van der Waals surface area contributed by atoms with E-state index < -0.39 is 0 Å². The highest BCUT2D eigenvalue weighted by molar-refractivity contribution is 6.24. The number of fused-ring (bicyclic) bond motifs is 2. The Morgan fingerprint density at radius 2 is 1.92 bits per heavy atom. The molecular weight excluding hydrogens is 486 g/mol. The van der Waals surface area contributed by atoms with Gasteiger partial charge in [-0.15, -0.1) is 0 Å². The minimum Gasteiger partial charge on any atom is -0.454 e. The van der Waals surface area contributed by atoms with Crippen LogP contribution >= 0.6 is 0 Å². The fourth-order valence-electron chi connectivity index (χ4n) is 6.10. The lowest BCUT2D eigenvalue weighted by Gasteiger charge is -2.39. The van der Waals surface area contributed by atoms with E-state index in [1.165, 1.54) is 4.90 Å². The molecule has 0 bridgehead atoms. The van der Waals surface area contributed by atoms with Crippen LogP contribution in [0.1, 0.15) is 65.8 Å². The summed E-state index contributed by atoms with van der Waals surface area (Å²) < 4.78 is 16.6. The first-order chi connectivity index (χ1) is 18.3. The van der Waals surface area contributed by atoms with Crippen molar-refractivity contribution in [2.45, 2.75) is 57.7 Å². The van der Waals surface area contributed by atoms with Crippen LogP contribution in [0.5, 0.6) is 11.5 Å². The van der Waals surface area contributed by atoms with Crippen molar-refractivity contribution in [2.75, 3.05) is 31.4 Å². The van der Waals surface area contributed by atoms with Gasteiger partial charge in [0.25, 0.3) is 11.8 Å². The Morgan fingerprint density at radius 1 is 1.08 bits per heavy atom. The molecule has 6 rings (SSSR count). The first-order valence-electron chi connectivity index (χ1n) is 13.4. The van der Waals surface area contributed by atoms with Crippen molar-refractivity contribution in [2.24, 2.45) is 5.92 Å². The smallest absolute Gasteiger partial charge is 0.263 e. The number of nitrogens with one attached hydrogen (secondary N) is 1. The van der Waals surface area contributed by atoms with Gasteiger partial charge in [0, 0.05) is 32.3 Å². The van der Waals surface area contributed by atoms with Crippen molar-refractivity contribution < 1.29 is 28.6 Å². The van der Waals surface area contributed by atoms with Gasteiger partial charge in [-0.05, 0) is 69.4 Å². The molecule has 4 heterocycles. The van der Waals surface area contributed by atoms with E-state index >= 15 is 0 Å². The summed E-state index contributed by atoms with van der Waals surface area (Å²) in [6.45, 7) is 6.35. The maximum absolute atomic E-state index is 13.7. The molecular formula is C29H33N3O6. The Kier molecular flexibility index (Phi) is 6.26. The van der Waals surface area contributed by atoms with Crippen LogP contribution in [0, 0.1) is 5.92 Å². The summed E-state index contributed by atoms with van der Waals surface area (Å²) in [5.74, 6) is 0.700. The number of rotatable bonds is 5. The van der Waals surface area contributed by atoms with Crippen molar-refractivity contribution in [3.8, 4) is 11.5 Å². The average Bonchev–Trinajstić information content (AvgIpc) is 3.48. The predicted molar refractivity (Wildman–Crippen MR) is 139 cm³/mol. The molecule has 4 aliphatic rings. The standard InChI is InChI=1S/C29H33N3O6/c1-29(2)14-20(10-12-38-29)32-27(34)21-6-3-7-22(25(21)28(32)35)31-11-4-5-19(16-31)26(33)30-15-18-8-9-23-24(13-18)37-17-36-23/h3,6-9,13,19-20H,4-5,10-12,14-17H2,1-2H3,(H,30,33). The number of imide groups is 1. The van der Waals surface area contributed by atoms with Crippen molar-refractivity contribution in [1.82, 2.24) is 10.2 Å². The minimum atomic E-state index is -0.380. The first kappa shape index (κ1) is 24.7. The van der Waals surface area contributed by atoms with Crippen LogP contribution in [0.15, 0.2) is 36.4 Å². The number of hydrogen-bond acceptors (Lipinski definition) is 7. The molecule has 2 atom stereocenters. The number of piperidine rings is 1. The van der Waals surface area contributed by atoms with Gasteiger partial charge >= 0.3 is 0 Å². The molecule has 2 saturated heterocycles. The van der Waals surface area contributed by atoms with E-state index in [4.69, 9.17) is 14.2 Å². The fraction of sp³-hybridized carbons (Fsp3) is 0.483. The monoisotopic (exact) mass is 519 g/mol. The van der Waals surface area contributed by atoms with Crippen LogP contribution in [-0.2, 0) is 16.1 Å². The zero-order chi connectivity index (χ0) is 26.4. The largest absolute Gasteiger partial charge is 0.454 e. The van der Waals surface area contributed by atoms with Gasteiger partial charge in [0.05, 0.1) is 28.3 Å². The molecule has 9 nitrogen and oxygen atoms in total. The Balaban J connectivity index is 1.16. The maximum atomic E-state index is 13.7. The van der Waals surface area contributed by atoms with E-state index in [1.807, 2.05) is 44.2 Å². The third-order valence-electron chi connectivity index (χ3n) is 8.00. The van der Waals surface area contributed by atoms with E-state index in [0.717, 1.165) is 30.6 Å². The number of carbonyl (C=O) groups excluding carboxylic acids is 3. The van der Waals surface area contributed by atoms with Gasteiger partial charge < -0.3 is 24.4 Å². The van der Waals surface area contributed by atoms with Gasteiger partial charge in [0.1, 0.15) is 0 Å². The number of anilines is 1. The third-order valence-corrected chi connectivity index (χ3v) is 8.00. The van der Waals surface area contributed by atoms with Crippen molar-refractivity contribution in [3.63, 3.8) is 0 Å². The van der Waals surface area contributed by atoms with Crippen molar-refractivity contribution >= 4 is 23.4 Å². The van der Waals surface area contributed by atoms with Gasteiger partial charge in [-0.1, -0.05) is 12.1 Å². The van der Waals surface area contributed by atoms with E-state index in [1.54, 1.807) is 6.07 Å². The van der Waals surface area contributed by atoms with Gasteiger partial charge in [-0.2, -0.15) is 0 Å². The molecule has 38 heavy (non-hydrogen) atoms. The number of amides is 3. The molecule has 0 spiro atoms. The summed E-state index contributed by atoms with van der Waals surface area (Å²) in [4.78, 5) is 43.7. The molecule has 0 radical (unpaired) electrons. The normalized spacial score (nSPS) is 23.9. The van der Waals surface area contributed by atoms with E-state index in [2.05, 4.69) is 10.2 Å². The van der Waals surface area contributed by atoms with Gasteiger partial charge in [0.15, 0.2) is 11.5 Å². The summed E-state index contributed by atoms with van der Waals surface area (Å²) in [5, 5.41) is 3.05. The van der Waals surface area contributed by atoms with Crippen LogP contribution in [-0.4, -0.2) is 60.8 Å². The summed E-state index contributed by atoms with van der Waals surface area (Å²) in [7, 11) is 0. The summed E-state index contributed by atoms with van der Waals surface area (Å²) in [5.41, 5.74) is 2.21. The van der Waals surface area contributed by atoms with Gasteiger partial charge in [0.2, 0.25) is 12.7 Å². The molecule has 0 saturated carbocycles. The highest BCUT2D eigenvalue weighted by Crippen LogP contribution is 2.38. The average molecular weight is 520 g/mol. The van der Waals surface area contributed by atoms with Gasteiger partial charge in [-0.25, -0.2) is 0 Å². The van der Waals surface area contributed by atoms with Crippen molar-refractivity contribution in [1.29, 1.82) is 0 Å². The Hall–Kier alpha value is -3.59. The fourth-order valence-corrected chi connectivity index (χ4v) is 6.10. The number of nitrogens with zero attached hydrogens (tertiary/aromatic N) is 2. The molecule has 0 aliphatic carbocycles. The quantitative estimate of drug-likeness (QED) is 0.604. The molecule has 2 fully saturated rings. The molecule has 4 aliphatic heterocycles. The Bertz CT molecular complexity index is 1290. The molecule has 2 aromatic carbocycles. The SMILES string of the molecule is CC1(C)CC(N2C(=O)c3cccc(N4CCCC(C(=O)NCc5ccc6c(c5)OCO6)C4)c3C2=O)CCO1. The van der Waals surface area contributed by atoms with Crippen LogP contribution in [0.4, 0.5) is 5.69 Å². The lowest BCUT2D eigenvalue weighted by Crippen LogP contribution is -2.48. The minimum absolute atomic E-state index is 0.0200. The molecule has 1 N–H and O–H groups in total. The summed E-state index contributed by atoms with van der Waals surface area (Å²) in [6.07, 6.45) is 2.85. The van der Waals surface area contributed by atoms with Crippen LogP contribution in [0.25, 0.3) is 0 Å². The third kappa shape index (κ3) is 4.49. The highest BCUT2D eigenvalue weighted by Gasteiger charge is 2.45. The second kappa shape index (κ2) is 9.62. The van der Waals surface area contributed by atoms with E-state index in [-0.39, 0.29) is 42.1 Å². The lowest BCUT2D eigenvalue weighted by atomic mass is 9.93. The topological polar surface area (TPSA) is 97.4 Å². The molecule has 2 aromatic rings. The highest BCUT2D eigenvalue weighted by atomic mass is 16.7. The second-order valence-corrected chi connectivity index (χ2v) is 11.1. The number of ether oxygens (including phenoxy) is 3. The molecule has 3 amide bonds. The summed E-state index contributed by atoms with van der Waals surface area (Å²) >= 11 is 0. The summed E-state index contributed by atoms with van der Waals surface area (Å²) in [6, 6.07) is 10.9. The number of carbonyl (C=O) groups is 3. The Morgan fingerprint density at radius 3 is 2.76 bits per heavy atom. The molecule has 0 aromatic heterocycles. The zero-order valence-electron chi connectivity index (χ0n) is 21.8. The zero-order valence-corrected chi connectivity index (χ0v) is 21.8. The van der Waals surface area contributed by atoms with Crippen LogP contribution in [0.2, 0.25) is 0 Å². The Labute approximate surface area is 222 Å². The van der Waals surface area contributed by atoms with E-state index in [0.29, 0.717) is 55.2 Å². The number of hydrogen-bond donors (Lipinski definition) is 1. The predicted octanol–water partition coefficient (Wildman–Crippen LogP) is 3.50. The molecule has 2 unspecified atom stereocenters.